The number of aromatic amines is 1. The van der Waals surface area contributed by atoms with Gasteiger partial charge < -0.3 is 49.6 Å². The molecule has 1 heterocycles. The van der Waals surface area contributed by atoms with Crippen LogP contribution in [0.3, 0.4) is 0 Å². The highest BCUT2D eigenvalue weighted by atomic mass is 16.2. The first kappa shape index (κ1) is 34.4. The molecule has 45 heavy (non-hydrogen) atoms. The minimum atomic E-state index is -1.02. The number of nitrogens with zero attached hydrogens (tertiary/aromatic N) is 2. The number of H-pyrrole nitrogens is 1. The zero-order valence-electron chi connectivity index (χ0n) is 25.4. The van der Waals surface area contributed by atoms with E-state index in [1.165, 1.54) is 0 Å². The van der Waals surface area contributed by atoms with Gasteiger partial charge in [-0.15, -0.1) is 0 Å². The minimum Gasteiger partial charge on any atom is -0.370 e. The quantitative estimate of drug-likeness (QED) is 0.0507. The lowest BCUT2D eigenvalue weighted by Crippen LogP contribution is -2.56. The summed E-state index contributed by atoms with van der Waals surface area (Å²) in [6, 6.07) is 14.6. The molecule has 0 radical (unpaired) electrons. The molecule has 0 aliphatic heterocycles. The maximum absolute atomic E-state index is 13.8. The Labute approximate surface area is 262 Å². The van der Waals surface area contributed by atoms with Crippen molar-refractivity contribution in [1.82, 2.24) is 20.9 Å². The van der Waals surface area contributed by atoms with Crippen LogP contribution in [0.2, 0.25) is 0 Å². The SMILES string of the molecule is NC(N)=NCCC[C@H](NC(=O)[C@H](Cc1c[nH]c2ccccc12)NC(=O)[C@@H](N)CCCN=C(N)N)C(=O)NCCc1ccccc1. The molecule has 3 rings (SSSR count). The van der Waals surface area contributed by atoms with Crippen LogP contribution in [0.25, 0.3) is 10.9 Å². The third kappa shape index (κ3) is 11.8. The maximum atomic E-state index is 13.8. The molecule has 14 nitrogen and oxygen atoms in total. The number of nitrogens with two attached hydrogens (primary N) is 5. The third-order valence-corrected chi connectivity index (χ3v) is 7.17. The van der Waals surface area contributed by atoms with Gasteiger partial charge in [0.25, 0.3) is 0 Å². The van der Waals surface area contributed by atoms with Crippen molar-refractivity contribution >= 4 is 40.5 Å². The summed E-state index contributed by atoms with van der Waals surface area (Å²) in [4.78, 5) is 51.3. The molecule has 14 heteroatoms. The molecule has 0 fully saturated rings. The van der Waals surface area contributed by atoms with Gasteiger partial charge in [0, 0.05) is 43.2 Å². The molecule has 3 aromatic rings. The summed E-state index contributed by atoms with van der Waals surface area (Å²) in [5.41, 5.74) is 30.5. The highest BCUT2D eigenvalue weighted by molar-refractivity contribution is 5.94. The van der Waals surface area contributed by atoms with Gasteiger partial charge in [-0.05, 0) is 49.3 Å². The van der Waals surface area contributed by atoms with E-state index in [0.717, 1.165) is 22.0 Å². The smallest absolute Gasteiger partial charge is 0.243 e. The van der Waals surface area contributed by atoms with Gasteiger partial charge in [0.2, 0.25) is 17.7 Å². The largest absolute Gasteiger partial charge is 0.370 e. The first-order chi connectivity index (χ1) is 21.6. The van der Waals surface area contributed by atoms with Crippen molar-refractivity contribution in [1.29, 1.82) is 0 Å². The van der Waals surface area contributed by atoms with E-state index < -0.39 is 29.9 Å². The lowest BCUT2D eigenvalue weighted by molar-refractivity contribution is -0.132. The van der Waals surface area contributed by atoms with Crippen molar-refractivity contribution in [2.24, 2.45) is 38.7 Å². The van der Waals surface area contributed by atoms with E-state index in [-0.39, 0.29) is 37.2 Å². The van der Waals surface area contributed by atoms with E-state index in [1.54, 1.807) is 6.20 Å². The highest BCUT2D eigenvalue weighted by Crippen LogP contribution is 2.19. The van der Waals surface area contributed by atoms with E-state index in [4.69, 9.17) is 28.7 Å². The van der Waals surface area contributed by atoms with Crippen molar-refractivity contribution < 1.29 is 14.4 Å². The molecule has 0 aliphatic rings. The van der Waals surface area contributed by atoms with Crippen molar-refractivity contribution in [2.45, 2.75) is 56.7 Å². The highest BCUT2D eigenvalue weighted by Gasteiger charge is 2.29. The number of aliphatic imine (C=N–C) groups is 2. The summed E-state index contributed by atoms with van der Waals surface area (Å²) < 4.78 is 0. The lowest BCUT2D eigenvalue weighted by atomic mass is 10.0. The first-order valence-electron chi connectivity index (χ1n) is 15.0. The van der Waals surface area contributed by atoms with Gasteiger partial charge in [0.15, 0.2) is 11.9 Å². The summed E-state index contributed by atoms with van der Waals surface area (Å²) in [6.07, 6.45) is 4.09. The molecule has 0 aliphatic carbocycles. The number of carbonyl (C=O) groups excluding carboxylic acids is 3. The molecule has 2 aromatic carbocycles. The van der Waals surface area contributed by atoms with Crippen LogP contribution >= 0.6 is 0 Å². The van der Waals surface area contributed by atoms with E-state index in [9.17, 15) is 14.4 Å². The molecular formula is C31H45N11O3. The topological polar surface area (TPSA) is 258 Å². The molecule has 1 aromatic heterocycles. The summed E-state index contributed by atoms with van der Waals surface area (Å²) in [5.74, 6) is -1.47. The second-order valence-electron chi connectivity index (χ2n) is 10.7. The fourth-order valence-corrected chi connectivity index (χ4v) is 4.80. The summed E-state index contributed by atoms with van der Waals surface area (Å²) >= 11 is 0. The van der Waals surface area contributed by atoms with Crippen molar-refractivity contribution in [3.63, 3.8) is 0 Å². The van der Waals surface area contributed by atoms with Gasteiger partial charge in [-0.3, -0.25) is 24.4 Å². The second-order valence-corrected chi connectivity index (χ2v) is 10.7. The number of rotatable bonds is 18. The van der Waals surface area contributed by atoms with Crippen LogP contribution in [0.4, 0.5) is 0 Å². The Bertz CT molecular complexity index is 1450. The van der Waals surface area contributed by atoms with E-state index in [2.05, 4.69) is 30.9 Å². The first-order valence-corrected chi connectivity index (χ1v) is 15.0. The maximum Gasteiger partial charge on any atom is 0.243 e. The van der Waals surface area contributed by atoms with Crippen LogP contribution in [0.1, 0.15) is 36.8 Å². The third-order valence-electron chi connectivity index (χ3n) is 7.17. The molecule has 0 saturated heterocycles. The molecule has 14 N–H and O–H groups in total. The van der Waals surface area contributed by atoms with Crippen molar-refractivity contribution in [2.75, 3.05) is 19.6 Å². The average Bonchev–Trinajstić information content (AvgIpc) is 3.43. The second kappa shape index (κ2) is 17.9. The Hall–Kier alpha value is -5.11. The summed E-state index contributed by atoms with van der Waals surface area (Å²) in [7, 11) is 0. The fourth-order valence-electron chi connectivity index (χ4n) is 4.80. The Kier molecular flexibility index (Phi) is 13.7. The number of fused-ring (bicyclic) bond motifs is 1. The van der Waals surface area contributed by atoms with Crippen LogP contribution in [-0.2, 0) is 27.2 Å². The molecule has 0 spiro atoms. The van der Waals surface area contributed by atoms with Crippen LogP contribution in [0, 0.1) is 0 Å². The summed E-state index contributed by atoms with van der Waals surface area (Å²) in [6.45, 7) is 0.993. The van der Waals surface area contributed by atoms with Crippen molar-refractivity contribution in [3.05, 3.63) is 71.9 Å². The number of carbonyl (C=O) groups is 3. The number of guanidine groups is 2. The molecule has 242 valence electrons. The van der Waals surface area contributed by atoms with Crippen molar-refractivity contribution in [3.8, 4) is 0 Å². The number of benzene rings is 2. The molecule has 3 atom stereocenters. The van der Waals surface area contributed by atoms with Gasteiger partial charge in [-0.25, -0.2) is 0 Å². The average molecular weight is 620 g/mol. The predicted molar refractivity (Wildman–Crippen MR) is 177 cm³/mol. The zero-order chi connectivity index (χ0) is 32.6. The number of aromatic nitrogens is 1. The molecule has 0 unspecified atom stereocenters. The Morgan fingerprint density at radius 1 is 0.756 bits per heavy atom. The Morgan fingerprint density at radius 2 is 1.38 bits per heavy atom. The van der Waals surface area contributed by atoms with Gasteiger partial charge in [-0.2, -0.15) is 0 Å². The number of para-hydroxylation sites is 1. The van der Waals surface area contributed by atoms with Crippen LogP contribution in [0.5, 0.6) is 0 Å². The zero-order valence-corrected chi connectivity index (χ0v) is 25.4. The fraction of sp³-hybridized carbons (Fsp3) is 0.387. The molecule has 3 amide bonds. The van der Waals surface area contributed by atoms with Gasteiger partial charge >= 0.3 is 0 Å². The molecule has 0 saturated carbocycles. The summed E-state index contributed by atoms with van der Waals surface area (Å²) in [5, 5.41) is 9.47. The predicted octanol–water partition coefficient (Wildman–Crippen LogP) is -0.527. The van der Waals surface area contributed by atoms with E-state index in [1.807, 2.05) is 54.6 Å². The van der Waals surface area contributed by atoms with Gasteiger partial charge in [-0.1, -0.05) is 48.5 Å². The normalized spacial score (nSPS) is 12.8. The molecule has 0 bridgehead atoms. The Morgan fingerprint density at radius 3 is 2.07 bits per heavy atom. The van der Waals surface area contributed by atoms with Crippen LogP contribution < -0.4 is 44.6 Å². The lowest BCUT2D eigenvalue weighted by Gasteiger charge is -2.24. The standard InChI is InChI=1S/C31H45N11O3/c32-23(11-6-15-38-30(33)34)27(43)42-26(18-21-19-40-24-12-5-4-10-22(21)24)29(45)41-25(13-7-16-39-31(35)36)28(44)37-17-14-20-8-2-1-3-9-20/h1-5,8-10,12,19,23,25-26,40H,6-7,11,13-18,32H2,(H,37,44)(H,41,45)(H,42,43)(H4,33,34,38)(H4,35,36,39)/t23-,25-,26-/m0/s1. The molecular weight excluding hydrogens is 574 g/mol. The van der Waals surface area contributed by atoms with Gasteiger partial charge in [0.1, 0.15) is 12.1 Å². The monoisotopic (exact) mass is 619 g/mol. The van der Waals surface area contributed by atoms with Crippen LogP contribution in [0.15, 0.2) is 70.8 Å². The Balaban J connectivity index is 1.74. The number of nitrogens with one attached hydrogen (secondary N) is 4. The van der Waals surface area contributed by atoms with E-state index >= 15 is 0 Å². The van der Waals surface area contributed by atoms with E-state index in [0.29, 0.717) is 38.8 Å². The number of hydrogen-bond acceptors (Lipinski definition) is 6. The van der Waals surface area contributed by atoms with Gasteiger partial charge in [0.05, 0.1) is 6.04 Å². The van der Waals surface area contributed by atoms with Crippen LogP contribution in [-0.4, -0.2) is 72.4 Å². The number of hydrogen-bond donors (Lipinski definition) is 9. The number of amides is 3. The minimum absolute atomic E-state index is 0.0413.